The lowest BCUT2D eigenvalue weighted by atomic mass is 10.0. The van der Waals surface area contributed by atoms with Crippen LogP contribution in [0.2, 0.25) is 0 Å². The van der Waals surface area contributed by atoms with Gasteiger partial charge in [-0.05, 0) is 23.0 Å². The average Bonchev–Trinajstić information content (AvgIpc) is 2.99. The summed E-state index contributed by atoms with van der Waals surface area (Å²) in [5.74, 6) is 0.191. The highest BCUT2D eigenvalue weighted by Crippen LogP contribution is 2.13. The highest BCUT2D eigenvalue weighted by Gasteiger charge is 2.16. The van der Waals surface area contributed by atoms with E-state index in [1.807, 2.05) is 30.3 Å². The first kappa shape index (κ1) is 42.1. The summed E-state index contributed by atoms with van der Waals surface area (Å²) < 4.78 is 46.7. The maximum Gasteiger partial charge on any atom is 0.488 e. The number of unbranched alkanes of at least 4 members (excludes halogenated alkanes) is 16. The fourth-order valence-electron chi connectivity index (χ4n) is 4.74. The van der Waals surface area contributed by atoms with Crippen LogP contribution in [0.4, 0.5) is 0 Å². The molecule has 0 fully saturated rings. The van der Waals surface area contributed by atoms with Gasteiger partial charge in [-0.25, -0.2) is 13.1 Å². The van der Waals surface area contributed by atoms with Crippen LogP contribution in [0.15, 0.2) is 30.3 Å². The fourth-order valence-corrected chi connectivity index (χ4v) is 6.37. The van der Waals surface area contributed by atoms with Crippen molar-refractivity contribution < 1.29 is 32.2 Å². The zero-order chi connectivity index (χ0) is 31.9. The molecule has 0 aliphatic carbocycles. The third kappa shape index (κ3) is 30.9. The first-order chi connectivity index (χ1) is 20.8. The number of aliphatic hydroxyl groups is 1. The van der Waals surface area contributed by atoms with Gasteiger partial charge in [0.25, 0.3) is 0 Å². The zero-order valence-electron chi connectivity index (χ0n) is 27.2. The Labute approximate surface area is 264 Å². The van der Waals surface area contributed by atoms with E-state index < -0.39 is 18.3 Å². The molecule has 0 aromatic heterocycles. The van der Waals surface area contributed by atoms with Gasteiger partial charge in [0.05, 0.1) is 25.6 Å². The molecule has 1 aromatic carbocycles. The SMILES string of the molecule is CCCCCCCCCCCCC(CO)NS(=O)(=O)CCCCCCCCCC.O=[P+]([O-])OCCOCc1ccccc1. The number of nitrogens with one attached hydrogen (secondary N) is 1. The second-order valence-corrected chi connectivity index (χ2v) is 13.9. The van der Waals surface area contributed by atoms with Gasteiger partial charge in [0.1, 0.15) is 6.61 Å². The van der Waals surface area contributed by atoms with E-state index >= 15 is 0 Å². The number of aliphatic hydroxyl groups excluding tert-OH is 1. The molecule has 10 heteroatoms. The summed E-state index contributed by atoms with van der Waals surface area (Å²) in [7, 11) is -6.02. The van der Waals surface area contributed by atoms with Crippen molar-refractivity contribution in [2.75, 3.05) is 25.6 Å². The molecule has 1 rings (SSSR count). The first-order valence-electron chi connectivity index (χ1n) is 16.8. The molecule has 0 amide bonds. The summed E-state index contributed by atoms with van der Waals surface area (Å²) in [6.07, 6.45) is 22.6. The van der Waals surface area contributed by atoms with E-state index in [1.165, 1.54) is 83.5 Å². The van der Waals surface area contributed by atoms with Gasteiger partial charge in [0.2, 0.25) is 10.0 Å². The van der Waals surface area contributed by atoms with E-state index in [4.69, 9.17) is 4.74 Å². The van der Waals surface area contributed by atoms with Crippen molar-refractivity contribution in [1.82, 2.24) is 4.72 Å². The van der Waals surface area contributed by atoms with Crippen LogP contribution in [0.25, 0.3) is 0 Å². The molecule has 8 nitrogen and oxygen atoms in total. The molecule has 2 atom stereocenters. The van der Waals surface area contributed by atoms with Gasteiger partial charge in [-0.3, -0.25) is 0 Å². The van der Waals surface area contributed by atoms with Crippen LogP contribution >= 0.6 is 8.25 Å². The number of benzene rings is 1. The fraction of sp³-hybridized carbons (Fsp3) is 0.818. The molecule has 2 unspecified atom stereocenters. The maximum atomic E-state index is 12.2. The Hall–Kier alpha value is -0.930. The first-order valence-corrected chi connectivity index (χ1v) is 19.6. The molecule has 0 aliphatic heterocycles. The highest BCUT2D eigenvalue weighted by molar-refractivity contribution is 7.89. The molecule has 252 valence electrons. The van der Waals surface area contributed by atoms with Gasteiger partial charge >= 0.3 is 8.25 Å². The number of hydrogen-bond donors (Lipinski definition) is 2. The molecule has 0 spiro atoms. The second kappa shape index (κ2) is 31.1. The number of sulfonamides is 1. The Balaban J connectivity index is 0.00000104. The van der Waals surface area contributed by atoms with Gasteiger partial charge in [-0.1, -0.05) is 153 Å². The highest BCUT2D eigenvalue weighted by atomic mass is 32.2. The van der Waals surface area contributed by atoms with E-state index in [2.05, 4.69) is 23.1 Å². The number of hydrogen-bond acceptors (Lipinski definition) is 7. The topological polar surface area (TPSA) is 125 Å². The summed E-state index contributed by atoms with van der Waals surface area (Å²) >= 11 is 0. The van der Waals surface area contributed by atoms with Gasteiger partial charge in [-0.15, -0.1) is 4.52 Å². The molecule has 0 saturated heterocycles. The van der Waals surface area contributed by atoms with Crippen molar-refractivity contribution in [2.45, 2.75) is 148 Å². The van der Waals surface area contributed by atoms with Crippen LogP contribution in [0.1, 0.15) is 141 Å². The monoisotopic (exact) mass is 647 g/mol. The predicted molar refractivity (Wildman–Crippen MR) is 177 cm³/mol. The van der Waals surface area contributed by atoms with Gasteiger partial charge in [0.15, 0.2) is 0 Å². The smallest absolute Gasteiger partial charge is 0.488 e. The Morgan fingerprint density at radius 3 is 1.74 bits per heavy atom. The Kier molecular flexibility index (Phi) is 30.4. The van der Waals surface area contributed by atoms with E-state index in [9.17, 15) is 23.0 Å². The van der Waals surface area contributed by atoms with E-state index in [0.29, 0.717) is 6.61 Å². The van der Waals surface area contributed by atoms with E-state index in [1.54, 1.807) is 0 Å². The van der Waals surface area contributed by atoms with Crippen LogP contribution in [0.5, 0.6) is 0 Å². The maximum absolute atomic E-state index is 12.2. The summed E-state index contributed by atoms with van der Waals surface area (Å²) in [5.41, 5.74) is 1.05. The van der Waals surface area contributed by atoms with E-state index in [-0.39, 0.29) is 31.6 Å². The van der Waals surface area contributed by atoms with Crippen molar-refractivity contribution in [1.29, 1.82) is 0 Å². The van der Waals surface area contributed by atoms with Crippen molar-refractivity contribution >= 4 is 18.3 Å². The molecule has 0 saturated carbocycles. The largest absolute Gasteiger partial charge is 0.566 e. The van der Waals surface area contributed by atoms with Crippen LogP contribution in [0, 0.1) is 0 Å². The third-order valence-electron chi connectivity index (χ3n) is 7.28. The molecule has 43 heavy (non-hydrogen) atoms. The molecular formula is C33H62NO7PS. The molecule has 0 radical (unpaired) electrons. The van der Waals surface area contributed by atoms with Crippen LogP contribution in [-0.4, -0.2) is 45.1 Å². The zero-order valence-corrected chi connectivity index (χ0v) is 28.9. The number of rotatable bonds is 29. The normalized spacial score (nSPS) is 12.5. The summed E-state index contributed by atoms with van der Waals surface area (Å²) in [4.78, 5) is 9.99. The number of ether oxygens (including phenoxy) is 1. The molecule has 0 bridgehead atoms. The van der Waals surface area contributed by atoms with Crippen molar-refractivity contribution in [3.8, 4) is 0 Å². The van der Waals surface area contributed by atoms with Crippen molar-refractivity contribution in [3.05, 3.63) is 35.9 Å². The summed E-state index contributed by atoms with van der Waals surface area (Å²) in [6.45, 7) is 5.18. The van der Waals surface area contributed by atoms with Crippen LogP contribution in [0.3, 0.4) is 0 Å². The lowest BCUT2D eigenvalue weighted by Gasteiger charge is -2.16. The lowest BCUT2D eigenvalue weighted by Crippen LogP contribution is -2.38. The van der Waals surface area contributed by atoms with Crippen LogP contribution < -0.4 is 9.62 Å². The quantitative estimate of drug-likeness (QED) is 0.0668. The standard InChI is InChI=1S/C24H51NO3S.C9H11O4P/c1-3-5-7-9-11-13-14-15-17-19-21-24(23-26)25-29(27,28)22-20-18-16-12-10-8-6-4-2;10-14(11)13-7-6-12-8-9-4-2-1-3-5-9/h24-26H,3-23H2,1-2H3;1-5H,6-8H2. The minimum atomic E-state index is -3.27. The summed E-state index contributed by atoms with van der Waals surface area (Å²) in [5, 5.41) is 9.52. The molecule has 0 aliphatic rings. The molecular weight excluding hydrogens is 585 g/mol. The minimum Gasteiger partial charge on any atom is -0.566 e. The third-order valence-corrected chi connectivity index (χ3v) is 9.19. The van der Waals surface area contributed by atoms with Crippen molar-refractivity contribution in [2.24, 2.45) is 0 Å². The Bertz CT molecular complexity index is 843. The predicted octanol–water partition coefficient (Wildman–Crippen LogP) is 7.96. The molecule has 2 N–H and O–H groups in total. The molecule has 0 heterocycles. The second-order valence-electron chi connectivity index (χ2n) is 11.4. The van der Waals surface area contributed by atoms with Gasteiger partial charge < -0.3 is 14.7 Å². The summed E-state index contributed by atoms with van der Waals surface area (Å²) in [6, 6.07) is 9.33. The lowest BCUT2D eigenvalue weighted by molar-refractivity contribution is -0.186. The average molecular weight is 648 g/mol. The van der Waals surface area contributed by atoms with Gasteiger partial charge in [-0.2, -0.15) is 0 Å². The van der Waals surface area contributed by atoms with Crippen LogP contribution in [-0.2, 0) is 30.5 Å². The Morgan fingerprint density at radius 2 is 1.26 bits per heavy atom. The van der Waals surface area contributed by atoms with E-state index in [0.717, 1.165) is 44.1 Å². The molecule has 1 aromatic rings. The Morgan fingerprint density at radius 1 is 0.767 bits per heavy atom. The van der Waals surface area contributed by atoms with Crippen molar-refractivity contribution in [3.63, 3.8) is 0 Å². The minimum absolute atomic E-state index is 0.0749. The van der Waals surface area contributed by atoms with Gasteiger partial charge in [0, 0.05) is 6.04 Å².